The molecule has 1 aromatic heterocycles. The summed E-state index contributed by atoms with van der Waals surface area (Å²) in [4.78, 5) is 24.5. The number of hydrogen-bond donors (Lipinski definition) is 2. The van der Waals surface area contributed by atoms with Gasteiger partial charge in [-0.3, -0.25) is 4.79 Å². The highest BCUT2D eigenvalue weighted by Gasteiger charge is 2.20. The second-order valence-electron chi connectivity index (χ2n) is 4.02. The van der Waals surface area contributed by atoms with Crippen LogP contribution in [0.25, 0.3) is 0 Å². The van der Waals surface area contributed by atoms with Gasteiger partial charge in [-0.05, 0) is 38.8 Å². The van der Waals surface area contributed by atoms with Gasteiger partial charge in [0, 0.05) is 4.88 Å². The van der Waals surface area contributed by atoms with Crippen LogP contribution in [0.2, 0.25) is 0 Å². The quantitative estimate of drug-likeness (QED) is 0.806. The third kappa shape index (κ3) is 3.70. The number of carbonyl (C=O) groups excluding carboxylic acids is 1. The van der Waals surface area contributed by atoms with Crippen LogP contribution in [0.3, 0.4) is 0 Å². The van der Waals surface area contributed by atoms with E-state index in [1.807, 2.05) is 20.8 Å². The zero-order valence-corrected chi connectivity index (χ0v) is 11.5. The average Bonchev–Trinajstić information content (AvgIpc) is 2.64. The van der Waals surface area contributed by atoms with Gasteiger partial charge in [-0.2, -0.15) is 0 Å². The third-order valence-electron chi connectivity index (χ3n) is 2.60. The minimum atomic E-state index is -1.02. The van der Waals surface area contributed by atoms with Crippen LogP contribution in [0.15, 0.2) is 18.2 Å². The Kier molecular flexibility index (Phi) is 5.09. The maximum atomic E-state index is 11.9. The lowest BCUT2D eigenvalue weighted by Crippen LogP contribution is -2.40. The molecule has 0 saturated heterocycles. The van der Waals surface area contributed by atoms with Gasteiger partial charge in [0.1, 0.15) is 6.04 Å². The molecular weight excluding hydrogens is 250 g/mol. The number of amides is 1. The van der Waals surface area contributed by atoms with Crippen LogP contribution in [0.4, 0.5) is 0 Å². The molecule has 1 aromatic rings. The summed E-state index contributed by atoms with van der Waals surface area (Å²) in [5.74, 6) is -1.35. The number of carbonyl (C=O) groups is 2. The van der Waals surface area contributed by atoms with Gasteiger partial charge in [0.25, 0.3) is 5.91 Å². The van der Waals surface area contributed by atoms with Crippen LogP contribution in [-0.4, -0.2) is 23.0 Å². The number of rotatable bonds is 5. The van der Waals surface area contributed by atoms with Crippen molar-refractivity contribution < 1.29 is 14.7 Å². The number of aryl methyl sites for hydroxylation is 2. The predicted octanol–water partition coefficient (Wildman–Crippen LogP) is 2.51. The molecule has 1 heterocycles. The first-order valence-electron chi connectivity index (χ1n) is 5.67. The molecule has 5 heteroatoms. The number of allylic oxidation sites excluding steroid dienone is 1. The maximum Gasteiger partial charge on any atom is 0.326 e. The molecular formula is C13H17NO3S. The summed E-state index contributed by atoms with van der Waals surface area (Å²) >= 11 is 1.38. The molecule has 1 rings (SSSR count). The topological polar surface area (TPSA) is 66.4 Å². The summed E-state index contributed by atoms with van der Waals surface area (Å²) < 4.78 is 0. The summed E-state index contributed by atoms with van der Waals surface area (Å²) in [6.07, 6.45) is 3.78. The standard InChI is InChI=1S/C13H17NO3S/c1-4-5-6-10(13(16)17)14-12(15)11-7-8(2)9(3)18-11/h4-5,7,10H,6H2,1-3H3,(H,14,15)(H,16,17)/b5-4+. The van der Waals surface area contributed by atoms with Gasteiger partial charge in [0.15, 0.2) is 0 Å². The summed E-state index contributed by atoms with van der Waals surface area (Å²) in [6.45, 7) is 5.68. The fourth-order valence-corrected chi connectivity index (χ4v) is 2.35. The summed E-state index contributed by atoms with van der Waals surface area (Å²) in [5.41, 5.74) is 1.05. The second-order valence-corrected chi connectivity index (χ2v) is 5.28. The minimum Gasteiger partial charge on any atom is -0.480 e. The van der Waals surface area contributed by atoms with E-state index in [1.165, 1.54) is 11.3 Å². The predicted molar refractivity (Wildman–Crippen MR) is 72.1 cm³/mol. The van der Waals surface area contributed by atoms with Crippen LogP contribution < -0.4 is 5.32 Å². The lowest BCUT2D eigenvalue weighted by atomic mass is 10.2. The van der Waals surface area contributed by atoms with Crippen molar-refractivity contribution in [1.82, 2.24) is 5.32 Å². The van der Waals surface area contributed by atoms with Crippen molar-refractivity contribution in [2.75, 3.05) is 0 Å². The summed E-state index contributed by atoms with van der Waals surface area (Å²) in [6, 6.07) is 0.903. The highest BCUT2D eigenvalue weighted by molar-refractivity contribution is 7.14. The Balaban J connectivity index is 2.75. The molecule has 0 fully saturated rings. The van der Waals surface area contributed by atoms with Crippen molar-refractivity contribution in [3.05, 3.63) is 33.5 Å². The van der Waals surface area contributed by atoms with Gasteiger partial charge >= 0.3 is 5.97 Å². The monoisotopic (exact) mass is 267 g/mol. The zero-order chi connectivity index (χ0) is 13.7. The van der Waals surface area contributed by atoms with E-state index in [2.05, 4.69) is 5.32 Å². The molecule has 18 heavy (non-hydrogen) atoms. The normalized spacial score (nSPS) is 12.6. The fourth-order valence-electron chi connectivity index (χ4n) is 1.41. The third-order valence-corrected chi connectivity index (χ3v) is 3.75. The van der Waals surface area contributed by atoms with Crippen molar-refractivity contribution in [3.63, 3.8) is 0 Å². The first kappa shape index (κ1) is 14.4. The van der Waals surface area contributed by atoms with Gasteiger partial charge < -0.3 is 10.4 Å². The molecule has 1 amide bonds. The maximum absolute atomic E-state index is 11.9. The summed E-state index contributed by atoms with van der Waals surface area (Å²) in [5, 5.41) is 11.5. The Bertz CT molecular complexity index is 457. The van der Waals surface area contributed by atoms with Crippen molar-refractivity contribution >= 4 is 23.2 Å². The number of carboxylic acid groups (broad SMARTS) is 1. The van der Waals surface area contributed by atoms with Crippen LogP contribution >= 0.6 is 11.3 Å². The molecule has 4 nitrogen and oxygen atoms in total. The van der Waals surface area contributed by atoms with Gasteiger partial charge in [-0.15, -0.1) is 11.3 Å². The number of hydrogen-bond acceptors (Lipinski definition) is 3. The molecule has 0 bridgehead atoms. The van der Waals surface area contributed by atoms with E-state index in [-0.39, 0.29) is 5.91 Å². The molecule has 0 aliphatic carbocycles. The Morgan fingerprint density at radius 1 is 1.50 bits per heavy atom. The van der Waals surface area contributed by atoms with Crippen molar-refractivity contribution in [2.45, 2.75) is 33.2 Å². The molecule has 0 radical (unpaired) electrons. The summed E-state index contributed by atoms with van der Waals surface area (Å²) in [7, 11) is 0. The van der Waals surface area contributed by atoms with Gasteiger partial charge in [-0.1, -0.05) is 12.2 Å². The SMILES string of the molecule is C/C=C/CC(NC(=O)c1cc(C)c(C)s1)C(=O)O. The van der Waals surface area contributed by atoms with E-state index < -0.39 is 12.0 Å². The molecule has 0 aliphatic heterocycles. The van der Waals surface area contributed by atoms with Crippen LogP contribution in [0.5, 0.6) is 0 Å². The van der Waals surface area contributed by atoms with E-state index in [1.54, 1.807) is 18.2 Å². The lowest BCUT2D eigenvalue weighted by Gasteiger charge is -2.11. The largest absolute Gasteiger partial charge is 0.480 e. The van der Waals surface area contributed by atoms with Gasteiger partial charge in [0.05, 0.1) is 4.88 Å². The first-order chi connectivity index (χ1) is 8.45. The molecule has 98 valence electrons. The van der Waals surface area contributed by atoms with Crippen molar-refractivity contribution in [1.29, 1.82) is 0 Å². The average molecular weight is 267 g/mol. The number of thiophene rings is 1. The highest BCUT2D eigenvalue weighted by atomic mass is 32.1. The molecule has 0 aromatic carbocycles. The zero-order valence-electron chi connectivity index (χ0n) is 10.7. The molecule has 1 atom stereocenters. The first-order valence-corrected chi connectivity index (χ1v) is 6.49. The molecule has 0 aliphatic rings. The molecule has 2 N–H and O–H groups in total. The highest BCUT2D eigenvalue weighted by Crippen LogP contribution is 2.20. The Hall–Kier alpha value is -1.62. The van der Waals surface area contributed by atoms with Crippen molar-refractivity contribution in [2.24, 2.45) is 0 Å². The smallest absolute Gasteiger partial charge is 0.326 e. The molecule has 1 unspecified atom stereocenters. The van der Waals surface area contributed by atoms with Crippen LogP contribution in [0.1, 0.15) is 33.5 Å². The van der Waals surface area contributed by atoms with Crippen molar-refractivity contribution in [3.8, 4) is 0 Å². The van der Waals surface area contributed by atoms with Crippen LogP contribution in [0, 0.1) is 13.8 Å². The van der Waals surface area contributed by atoms with E-state index in [0.29, 0.717) is 11.3 Å². The Morgan fingerprint density at radius 2 is 2.17 bits per heavy atom. The number of nitrogens with one attached hydrogen (secondary N) is 1. The number of aliphatic carboxylic acids is 1. The van der Waals surface area contributed by atoms with Gasteiger partial charge in [-0.25, -0.2) is 4.79 Å². The van der Waals surface area contributed by atoms with E-state index >= 15 is 0 Å². The molecule has 0 spiro atoms. The fraction of sp³-hybridized carbons (Fsp3) is 0.385. The van der Waals surface area contributed by atoms with E-state index in [4.69, 9.17) is 5.11 Å². The second kappa shape index (κ2) is 6.35. The van der Waals surface area contributed by atoms with Crippen LogP contribution in [-0.2, 0) is 4.79 Å². The Morgan fingerprint density at radius 3 is 2.61 bits per heavy atom. The molecule has 0 saturated carbocycles. The van der Waals surface area contributed by atoms with E-state index in [0.717, 1.165) is 10.4 Å². The van der Waals surface area contributed by atoms with E-state index in [9.17, 15) is 9.59 Å². The van der Waals surface area contributed by atoms with Gasteiger partial charge in [0.2, 0.25) is 0 Å². The minimum absolute atomic E-state index is 0.293. The lowest BCUT2D eigenvalue weighted by molar-refractivity contribution is -0.139. The Labute approximate surface area is 110 Å². The number of carboxylic acids is 1.